The minimum Gasteiger partial charge on any atom is -0.497 e. The third-order valence-electron chi connectivity index (χ3n) is 5.88. The van der Waals surface area contributed by atoms with Crippen LogP contribution in [0, 0.1) is 0 Å². The van der Waals surface area contributed by atoms with Gasteiger partial charge >= 0.3 is 0 Å². The molecule has 9 nitrogen and oxygen atoms in total. The zero-order valence-corrected chi connectivity index (χ0v) is 18.7. The number of benzene rings is 2. The molecule has 1 aliphatic rings. The van der Waals surface area contributed by atoms with E-state index in [4.69, 9.17) is 9.47 Å². The van der Waals surface area contributed by atoms with Crippen LogP contribution in [0.4, 0.5) is 0 Å². The number of aryl methyl sites for hydroxylation is 1. The molecule has 2 aromatic heterocycles. The number of hydrogen-bond acceptors (Lipinski definition) is 6. The summed E-state index contributed by atoms with van der Waals surface area (Å²) in [5.41, 5.74) is 3.77. The summed E-state index contributed by atoms with van der Waals surface area (Å²) in [6.45, 7) is 1.14. The van der Waals surface area contributed by atoms with Crippen molar-refractivity contribution in [1.29, 1.82) is 0 Å². The first-order chi connectivity index (χ1) is 16.1. The van der Waals surface area contributed by atoms with Gasteiger partial charge in [0.25, 0.3) is 5.91 Å². The minimum absolute atomic E-state index is 0.0715. The van der Waals surface area contributed by atoms with Crippen LogP contribution >= 0.6 is 0 Å². The van der Waals surface area contributed by atoms with Crippen LogP contribution in [0.15, 0.2) is 60.8 Å². The second kappa shape index (κ2) is 8.42. The monoisotopic (exact) mass is 444 g/mol. The number of aromatic nitrogens is 5. The molecule has 2 aromatic carbocycles. The SMILES string of the molecule is COc1ccc(OC)c(-c2cc(C(=O)N3CC(n4cc(-c5ccccc5)nn4)C3)n(C)n2)c1. The van der Waals surface area contributed by atoms with E-state index < -0.39 is 0 Å². The van der Waals surface area contributed by atoms with Crippen molar-refractivity contribution in [1.82, 2.24) is 29.7 Å². The van der Waals surface area contributed by atoms with E-state index in [1.54, 1.807) is 36.9 Å². The van der Waals surface area contributed by atoms with Crippen LogP contribution in [-0.2, 0) is 7.05 Å². The van der Waals surface area contributed by atoms with Gasteiger partial charge in [-0.15, -0.1) is 5.10 Å². The van der Waals surface area contributed by atoms with Gasteiger partial charge in [-0.1, -0.05) is 35.5 Å². The zero-order chi connectivity index (χ0) is 22.9. The molecular formula is C24H24N6O3. The molecule has 0 radical (unpaired) electrons. The summed E-state index contributed by atoms with van der Waals surface area (Å²) < 4.78 is 14.2. The number of nitrogens with zero attached hydrogens (tertiary/aromatic N) is 6. The second-order valence-corrected chi connectivity index (χ2v) is 7.92. The zero-order valence-electron chi connectivity index (χ0n) is 18.7. The molecule has 5 rings (SSSR count). The lowest BCUT2D eigenvalue weighted by Crippen LogP contribution is -2.51. The summed E-state index contributed by atoms with van der Waals surface area (Å²) in [5, 5.41) is 13.1. The molecule has 168 valence electrons. The normalized spacial score (nSPS) is 13.6. The number of amides is 1. The number of likely N-dealkylation sites (tertiary alicyclic amines) is 1. The third kappa shape index (κ3) is 3.82. The summed E-state index contributed by atoms with van der Waals surface area (Å²) in [6.07, 6.45) is 1.93. The number of hydrogen-bond donors (Lipinski definition) is 0. The highest BCUT2D eigenvalue weighted by Crippen LogP contribution is 2.33. The van der Waals surface area contributed by atoms with Crippen LogP contribution < -0.4 is 9.47 Å². The highest BCUT2D eigenvalue weighted by molar-refractivity contribution is 5.94. The molecule has 0 bridgehead atoms. The van der Waals surface area contributed by atoms with E-state index in [-0.39, 0.29) is 11.9 Å². The van der Waals surface area contributed by atoms with Crippen molar-refractivity contribution in [3.8, 4) is 34.0 Å². The predicted octanol–water partition coefficient (Wildman–Crippen LogP) is 3.06. The first-order valence-electron chi connectivity index (χ1n) is 10.6. The van der Waals surface area contributed by atoms with Gasteiger partial charge in [0.2, 0.25) is 0 Å². The number of carbonyl (C=O) groups is 1. The fraction of sp³-hybridized carbons (Fsp3) is 0.250. The molecule has 1 fully saturated rings. The lowest BCUT2D eigenvalue weighted by Gasteiger charge is -2.38. The Kier molecular flexibility index (Phi) is 5.29. The van der Waals surface area contributed by atoms with E-state index in [2.05, 4.69) is 15.4 Å². The van der Waals surface area contributed by atoms with Gasteiger partial charge in [-0.25, -0.2) is 4.68 Å². The van der Waals surface area contributed by atoms with Crippen molar-refractivity contribution in [2.24, 2.45) is 7.05 Å². The van der Waals surface area contributed by atoms with Crippen molar-refractivity contribution >= 4 is 5.91 Å². The fourth-order valence-electron chi connectivity index (χ4n) is 3.96. The lowest BCUT2D eigenvalue weighted by molar-refractivity contribution is 0.0487. The molecule has 0 N–H and O–H groups in total. The Hall–Kier alpha value is -4.14. The molecule has 1 amide bonds. The Morgan fingerprint density at radius 1 is 1.00 bits per heavy atom. The number of carbonyl (C=O) groups excluding carboxylic acids is 1. The smallest absolute Gasteiger partial charge is 0.272 e. The first-order valence-corrected chi connectivity index (χ1v) is 10.6. The quantitative estimate of drug-likeness (QED) is 0.454. The minimum atomic E-state index is -0.0715. The molecule has 0 saturated carbocycles. The highest BCUT2D eigenvalue weighted by Gasteiger charge is 2.35. The predicted molar refractivity (Wildman–Crippen MR) is 122 cm³/mol. The van der Waals surface area contributed by atoms with Gasteiger partial charge in [0.1, 0.15) is 22.9 Å². The molecule has 1 saturated heterocycles. The Bertz CT molecular complexity index is 1290. The number of rotatable bonds is 6. The van der Waals surface area contributed by atoms with E-state index >= 15 is 0 Å². The van der Waals surface area contributed by atoms with E-state index in [9.17, 15) is 4.79 Å². The maximum Gasteiger partial charge on any atom is 0.272 e. The molecule has 9 heteroatoms. The summed E-state index contributed by atoms with van der Waals surface area (Å²) in [7, 11) is 4.98. The van der Waals surface area contributed by atoms with Gasteiger partial charge in [-0.05, 0) is 24.3 Å². The van der Waals surface area contributed by atoms with Crippen molar-refractivity contribution in [2.75, 3.05) is 27.3 Å². The molecular weight excluding hydrogens is 420 g/mol. The summed E-state index contributed by atoms with van der Waals surface area (Å²) in [4.78, 5) is 14.9. The first kappa shape index (κ1) is 20.7. The molecule has 3 heterocycles. The molecule has 0 unspecified atom stereocenters. The van der Waals surface area contributed by atoms with Crippen LogP contribution in [0.25, 0.3) is 22.5 Å². The maximum absolute atomic E-state index is 13.1. The standard InChI is InChI=1S/C24H24N6O3/c1-28-22(12-20(26-28)19-11-18(32-2)9-10-23(19)33-3)24(31)29-13-17(14-29)30-15-21(25-27-30)16-7-5-4-6-8-16/h4-12,15,17H,13-14H2,1-3H3. The van der Waals surface area contributed by atoms with Gasteiger partial charge in [0.15, 0.2) is 0 Å². The van der Waals surface area contributed by atoms with E-state index in [1.807, 2.05) is 59.4 Å². The molecule has 4 aromatic rings. The van der Waals surface area contributed by atoms with Crippen molar-refractivity contribution in [3.63, 3.8) is 0 Å². The average molecular weight is 444 g/mol. The largest absolute Gasteiger partial charge is 0.497 e. The van der Waals surface area contributed by atoms with Crippen LogP contribution in [0.5, 0.6) is 11.5 Å². The Morgan fingerprint density at radius 2 is 1.79 bits per heavy atom. The Morgan fingerprint density at radius 3 is 2.52 bits per heavy atom. The molecule has 0 atom stereocenters. The summed E-state index contributed by atoms with van der Waals surface area (Å²) >= 11 is 0. The third-order valence-corrected chi connectivity index (χ3v) is 5.88. The summed E-state index contributed by atoms with van der Waals surface area (Å²) in [5.74, 6) is 1.28. The van der Waals surface area contributed by atoms with E-state index in [0.717, 1.165) is 16.8 Å². The summed E-state index contributed by atoms with van der Waals surface area (Å²) in [6, 6.07) is 17.3. The van der Waals surface area contributed by atoms with Crippen molar-refractivity contribution in [3.05, 3.63) is 66.5 Å². The lowest BCUT2D eigenvalue weighted by atomic mass is 10.1. The van der Waals surface area contributed by atoms with Crippen molar-refractivity contribution < 1.29 is 14.3 Å². The van der Waals surface area contributed by atoms with Crippen LogP contribution in [-0.4, -0.2) is 62.9 Å². The second-order valence-electron chi connectivity index (χ2n) is 7.92. The van der Waals surface area contributed by atoms with Gasteiger partial charge in [-0.2, -0.15) is 5.10 Å². The van der Waals surface area contributed by atoms with Crippen LogP contribution in [0.2, 0.25) is 0 Å². The topological polar surface area (TPSA) is 87.3 Å². The van der Waals surface area contributed by atoms with Gasteiger partial charge < -0.3 is 14.4 Å². The van der Waals surface area contributed by atoms with E-state index in [1.165, 1.54) is 0 Å². The fourth-order valence-corrected chi connectivity index (χ4v) is 3.96. The molecule has 1 aliphatic heterocycles. The van der Waals surface area contributed by atoms with Gasteiger partial charge in [0, 0.05) is 31.3 Å². The molecule has 0 aliphatic carbocycles. The van der Waals surface area contributed by atoms with Gasteiger partial charge in [-0.3, -0.25) is 9.48 Å². The average Bonchev–Trinajstić information content (AvgIpc) is 3.45. The van der Waals surface area contributed by atoms with Crippen LogP contribution in [0.3, 0.4) is 0 Å². The Labute approximate surface area is 191 Å². The van der Waals surface area contributed by atoms with Crippen molar-refractivity contribution in [2.45, 2.75) is 6.04 Å². The highest BCUT2D eigenvalue weighted by atomic mass is 16.5. The number of methoxy groups -OCH3 is 2. The van der Waals surface area contributed by atoms with Gasteiger partial charge in [0.05, 0.1) is 32.2 Å². The Balaban J connectivity index is 1.30. The molecule has 33 heavy (non-hydrogen) atoms. The van der Waals surface area contributed by atoms with Crippen LogP contribution in [0.1, 0.15) is 16.5 Å². The molecule has 0 spiro atoms. The van der Waals surface area contributed by atoms with E-state index in [0.29, 0.717) is 36.0 Å². The maximum atomic E-state index is 13.1. The number of ether oxygens (including phenoxy) is 2.